The monoisotopic (exact) mass is 419 g/mol. The number of carbonyl (C=O) groups is 1. The van der Waals surface area contributed by atoms with Gasteiger partial charge in [0.25, 0.3) is 5.91 Å². The molecule has 0 radical (unpaired) electrons. The van der Waals surface area contributed by atoms with Crippen LogP contribution in [0.2, 0.25) is 0 Å². The second-order valence-electron chi connectivity index (χ2n) is 8.57. The van der Waals surface area contributed by atoms with Crippen LogP contribution in [0.3, 0.4) is 0 Å². The Kier molecular flexibility index (Phi) is 7.05. The Balaban J connectivity index is 1.31. The highest BCUT2D eigenvalue weighted by Crippen LogP contribution is 2.24. The van der Waals surface area contributed by atoms with Crippen LogP contribution in [-0.2, 0) is 17.8 Å². The molecule has 1 amide bonds. The fourth-order valence-electron chi connectivity index (χ4n) is 4.68. The van der Waals surface area contributed by atoms with Gasteiger partial charge in [-0.05, 0) is 62.9 Å². The van der Waals surface area contributed by atoms with Gasteiger partial charge in [0.05, 0.1) is 12.7 Å². The predicted molar refractivity (Wildman–Crippen MR) is 125 cm³/mol. The van der Waals surface area contributed by atoms with Gasteiger partial charge < -0.3 is 9.47 Å². The van der Waals surface area contributed by atoms with Crippen molar-refractivity contribution < 1.29 is 9.63 Å². The molecule has 0 atom stereocenters. The van der Waals surface area contributed by atoms with Crippen LogP contribution in [0.15, 0.2) is 60.8 Å². The fourth-order valence-corrected chi connectivity index (χ4v) is 4.68. The number of carbonyl (C=O) groups excluding carboxylic acids is 1. The smallest absolute Gasteiger partial charge is 0.279 e. The SMILES string of the molecule is CON(C)C(=O)c1cn(CCCN2CCC(Cc3ccccc3)CC2)c2ccccc12. The molecule has 1 aliphatic heterocycles. The summed E-state index contributed by atoms with van der Waals surface area (Å²) in [5.41, 5.74) is 3.27. The van der Waals surface area contributed by atoms with Gasteiger partial charge in [0, 0.05) is 30.7 Å². The molecule has 0 bridgehead atoms. The maximum Gasteiger partial charge on any atom is 0.279 e. The maximum absolute atomic E-state index is 12.7. The predicted octanol–water partition coefficient (Wildman–Crippen LogP) is 4.62. The molecule has 2 heterocycles. The van der Waals surface area contributed by atoms with Crippen LogP contribution < -0.4 is 0 Å². The maximum atomic E-state index is 12.7. The molecule has 0 unspecified atom stereocenters. The highest BCUT2D eigenvalue weighted by Gasteiger charge is 2.20. The van der Waals surface area contributed by atoms with Crippen molar-refractivity contribution in [2.45, 2.75) is 32.2 Å². The highest BCUT2D eigenvalue weighted by atomic mass is 16.7. The van der Waals surface area contributed by atoms with Gasteiger partial charge in [0.2, 0.25) is 0 Å². The van der Waals surface area contributed by atoms with Gasteiger partial charge in [0.15, 0.2) is 0 Å². The van der Waals surface area contributed by atoms with E-state index in [0.717, 1.165) is 36.3 Å². The van der Waals surface area contributed by atoms with Gasteiger partial charge in [0.1, 0.15) is 0 Å². The van der Waals surface area contributed by atoms with E-state index < -0.39 is 0 Å². The van der Waals surface area contributed by atoms with E-state index in [0.29, 0.717) is 5.56 Å². The molecule has 3 aromatic rings. The zero-order chi connectivity index (χ0) is 21.6. The summed E-state index contributed by atoms with van der Waals surface area (Å²) >= 11 is 0. The first-order chi connectivity index (χ1) is 15.2. The molecule has 0 N–H and O–H groups in total. The summed E-state index contributed by atoms with van der Waals surface area (Å²) in [7, 11) is 3.16. The highest BCUT2D eigenvalue weighted by molar-refractivity contribution is 6.06. The van der Waals surface area contributed by atoms with Gasteiger partial charge in [-0.25, -0.2) is 5.06 Å². The number of para-hydroxylation sites is 1. The minimum atomic E-state index is -0.113. The third-order valence-corrected chi connectivity index (χ3v) is 6.53. The van der Waals surface area contributed by atoms with Crippen LogP contribution in [0.5, 0.6) is 0 Å². The van der Waals surface area contributed by atoms with E-state index >= 15 is 0 Å². The van der Waals surface area contributed by atoms with Crippen LogP contribution in [0.1, 0.15) is 35.2 Å². The first-order valence-electron chi connectivity index (χ1n) is 11.3. The molecule has 0 spiro atoms. The molecule has 164 valence electrons. The van der Waals surface area contributed by atoms with E-state index in [-0.39, 0.29) is 5.91 Å². The van der Waals surface area contributed by atoms with Gasteiger partial charge in [-0.15, -0.1) is 0 Å². The zero-order valence-corrected chi connectivity index (χ0v) is 18.7. The number of fused-ring (bicyclic) bond motifs is 1. The van der Waals surface area contributed by atoms with Crippen molar-refractivity contribution in [3.63, 3.8) is 0 Å². The van der Waals surface area contributed by atoms with Crippen LogP contribution >= 0.6 is 0 Å². The number of aromatic nitrogens is 1. The molecular weight excluding hydrogens is 386 g/mol. The average molecular weight is 420 g/mol. The van der Waals surface area contributed by atoms with E-state index in [2.05, 4.69) is 45.9 Å². The molecule has 5 heteroatoms. The summed E-state index contributed by atoms with van der Waals surface area (Å²) in [6, 6.07) is 19.0. The van der Waals surface area contributed by atoms with Crippen molar-refractivity contribution in [2.24, 2.45) is 5.92 Å². The Morgan fingerprint density at radius 2 is 1.74 bits per heavy atom. The minimum Gasteiger partial charge on any atom is -0.347 e. The minimum absolute atomic E-state index is 0.113. The Hall–Kier alpha value is -2.63. The summed E-state index contributed by atoms with van der Waals surface area (Å²) < 4.78 is 2.22. The Bertz CT molecular complexity index is 990. The number of aryl methyl sites for hydroxylation is 1. The number of amides is 1. The lowest BCUT2D eigenvalue weighted by molar-refractivity contribution is -0.0755. The normalized spacial score (nSPS) is 15.4. The van der Waals surface area contributed by atoms with Crippen molar-refractivity contribution in [3.05, 3.63) is 71.9 Å². The van der Waals surface area contributed by atoms with Crippen LogP contribution in [0.25, 0.3) is 10.9 Å². The molecule has 1 saturated heterocycles. The van der Waals surface area contributed by atoms with Crippen molar-refractivity contribution in [3.8, 4) is 0 Å². The number of hydroxylamine groups is 2. The van der Waals surface area contributed by atoms with Crippen molar-refractivity contribution >= 4 is 16.8 Å². The average Bonchev–Trinajstić information content (AvgIpc) is 3.18. The molecule has 1 aromatic heterocycles. The third kappa shape index (κ3) is 5.17. The number of rotatable bonds is 8. The molecule has 31 heavy (non-hydrogen) atoms. The quantitative estimate of drug-likeness (QED) is 0.500. The summed E-state index contributed by atoms with van der Waals surface area (Å²) in [5.74, 6) is 0.691. The van der Waals surface area contributed by atoms with E-state index in [1.165, 1.54) is 50.1 Å². The molecule has 1 fully saturated rings. The number of hydrogen-bond donors (Lipinski definition) is 0. The van der Waals surface area contributed by atoms with E-state index in [1.807, 2.05) is 24.4 Å². The Labute approximate surface area is 185 Å². The van der Waals surface area contributed by atoms with Crippen LogP contribution in [-0.4, -0.2) is 54.2 Å². The van der Waals surface area contributed by atoms with E-state index in [1.54, 1.807) is 7.05 Å². The second-order valence-corrected chi connectivity index (χ2v) is 8.57. The van der Waals surface area contributed by atoms with Crippen molar-refractivity contribution in [1.82, 2.24) is 14.5 Å². The number of likely N-dealkylation sites (tertiary alicyclic amines) is 1. The molecular formula is C26H33N3O2. The molecule has 4 rings (SSSR count). The lowest BCUT2D eigenvalue weighted by Crippen LogP contribution is -2.35. The first kappa shape index (κ1) is 21.6. The summed E-state index contributed by atoms with van der Waals surface area (Å²) in [5, 5.41) is 2.27. The molecule has 0 saturated carbocycles. The first-order valence-corrected chi connectivity index (χ1v) is 11.3. The standard InChI is InChI=1S/C26H33N3O2/c1-27(31-2)26(30)24-20-29(25-12-7-6-11-23(24)25)16-8-15-28-17-13-22(14-18-28)19-21-9-4-3-5-10-21/h3-7,9-12,20,22H,8,13-19H2,1-2H3. The van der Waals surface area contributed by atoms with Crippen molar-refractivity contribution in [1.29, 1.82) is 0 Å². The number of benzene rings is 2. The summed E-state index contributed by atoms with van der Waals surface area (Å²) in [6.07, 6.45) is 6.83. The van der Waals surface area contributed by atoms with Crippen molar-refractivity contribution in [2.75, 3.05) is 33.8 Å². The van der Waals surface area contributed by atoms with Gasteiger partial charge in [-0.3, -0.25) is 9.63 Å². The lowest BCUT2D eigenvalue weighted by Gasteiger charge is -2.32. The second kappa shape index (κ2) is 10.1. The van der Waals surface area contributed by atoms with E-state index in [4.69, 9.17) is 4.84 Å². The van der Waals surface area contributed by atoms with Gasteiger partial charge in [-0.1, -0.05) is 48.5 Å². The molecule has 1 aliphatic rings. The third-order valence-electron chi connectivity index (χ3n) is 6.53. The number of nitrogens with zero attached hydrogens (tertiary/aromatic N) is 3. The van der Waals surface area contributed by atoms with Gasteiger partial charge >= 0.3 is 0 Å². The van der Waals surface area contributed by atoms with Crippen LogP contribution in [0, 0.1) is 5.92 Å². The lowest BCUT2D eigenvalue weighted by atomic mass is 9.90. The van der Waals surface area contributed by atoms with Gasteiger partial charge in [-0.2, -0.15) is 0 Å². The topological polar surface area (TPSA) is 37.7 Å². The summed E-state index contributed by atoms with van der Waals surface area (Å²) in [6.45, 7) is 4.39. The molecule has 2 aromatic carbocycles. The number of piperidine rings is 1. The molecule has 0 aliphatic carbocycles. The zero-order valence-electron chi connectivity index (χ0n) is 18.7. The molecule has 5 nitrogen and oxygen atoms in total. The fraction of sp³-hybridized carbons (Fsp3) is 0.423. The van der Waals surface area contributed by atoms with Crippen LogP contribution in [0.4, 0.5) is 0 Å². The largest absolute Gasteiger partial charge is 0.347 e. The Morgan fingerprint density at radius 3 is 2.48 bits per heavy atom. The Morgan fingerprint density at radius 1 is 1.03 bits per heavy atom. The number of hydrogen-bond acceptors (Lipinski definition) is 3. The van der Waals surface area contributed by atoms with E-state index in [9.17, 15) is 4.79 Å². The summed E-state index contributed by atoms with van der Waals surface area (Å²) in [4.78, 5) is 20.4.